The molecule has 0 saturated carbocycles. The van der Waals surface area contributed by atoms with E-state index in [4.69, 9.17) is 58.0 Å². The van der Waals surface area contributed by atoms with Gasteiger partial charge in [0, 0.05) is 37.3 Å². The first-order valence-corrected chi connectivity index (χ1v) is 38.9. The summed E-state index contributed by atoms with van der Waals surface area (Å²) in [4.78, 5) is 0.168. The Hall–Kier alpha value is -7.62. The zero-order chi connectivity index (χ0) is 69.0. The van der Waals surface area contributed by atoms with Crippen LogP contribution in [-0.4, -0.2) is 74.5 Å². The van der Waals surface area contributed by atoms with Crippen LogP contribution < -0.4 is 18.9 Å². The van der Waals surface area contributed by atoms with Gasteiger partial charge in [-0.1, -0.05) is 232 Å². The Morgan fingerprint density at radius 3 is 1.12 bits per heavy atom. The molecule has 34 heteroatoms. The topological polar surface area (TPSA) is 288 Å². The fourth-order valence-corrected chi connectivity index (χ4v) is 18.8. The fourth-order valence-electron chi connectivity index (χ4n) is 8.39. The highest BCUT2D eigenvalue weighted by atomic mass is 35.5. The molecule has 12 aromatic rings. The summed E-state index contributed by atoms with van der Waals surface area (Å²) in [6.07, 6.45) is 1.96. The van der Waals surface area contributed by atoms with E-state index >= 15 is 0 Å². The van der Waals surface area contributed by atoms with Gasteiger partial charge in [-0.05, 0) is 116 Å². The van der Waals surface area contributed by atoms with Crippen molar-refractivity contribution in [3.8, 4) is 42.3 Å². The summed E-state index contributed by atoms with van der Waals surface area (Å²) in [6.45, 7) is 7.02. The molecule has 4 aromatic heterocycles. The summed E-state index contributed by atoms with van der Waals surface area (Å²) in [5.41, 5.74) is 5.84. The normalized spacial score (nSPS) is 11.4. The number of halogens is 6. The molecule has 0 amide bonds. The number of anilines is 4. The Bertz CT molecular complexity index is 5160. The summed E-state index contributed by atoms with van der Waals surface area (Å²) >= 11 is 34.2. The van der Waals surface area contributed by atoms with Gasteiger partial charge in [0.1, 0.15) is 30.7 Å². The summed E-state index contributed by atoms with van der Waals surface area (Å²) in [7, 11) is -15.3. The maximum absolute atomic E-state index is 13.4. The second-order valence-corrected chi connectivity index (χ2v) is 32.5. The average molecular weight is 1540 g/mol. The number of aromatic nitrogens is 8. The van der Waals surface area contributed by atoms with Crippen LogP contribution in [0.3, 0.4) is 0 Å². The third-order valence-corrected chi connectivity index (χ3v) is 24.8. The minimum atomic E-state index is -4.02. The minimum Gasteiger partial charge on any atom is -0.253 e. The number of rotatable bonds is 18. The molecule has 0 saturated heterocycles. The first-order valence-electron chi connectivity index (χ1n) is 27.8. The van der Waals surface area contributed by atoms with Crippen molar-refractivity contribution >= 4 is 164 Å². The van der Waals surface area contributed by atoms with Crippen LogP contribution in [0.2, 0.25) is 25.1 Å². The molecule has 4 heterocycles. The van der Waals surface area contributed by atoms with Gasteiger partial charge in [0.25, 0.3) is 40.1 Å². The van der Waals surface area contributed by atoms with Crippen molar-refractivity contribution < 1.29 is 38.1 Å². The lowest BCUT2D eigenvalue weighted by molar-refractivity contribution is 0.598. The molecule has 12 rings (SSSR count). The minimum absolute atomic E-state index is 0.0761. The lowest BCUT2D eigenvalue weighted by Gasteiger charge is -2.09. The number of nitrogens with one attached hydrogen (secondary N) is 4. The van der Waals surface area contributed by atoms with Crippen LogP contribution in [0, 0.1) is 26.6 Å². The highest BCUT2D eigenvalue weighted by Crippen LogP contribution is 2.37. The Kier molecular flexibility index (Phi) is 24.3. The third-order valence-electron chi connectivity index (χ3n) is 13.1. The van der Waals surface area contributed by atoms with E-state index in [9.17, 15) is 38.1 Å². The number of benzene rings is 8. The maximum Gasteiger partial charge on any atom is 0.266 e. The van der Waals surface area contributed by atoms with Crippen molar-refractivity contribution in [2.75, 3.05) is 18.9 Å². The Morgan fingerprint density at radius 1 is 0.385 bits per heavy atom. The van der Waals surface area contributed by atoms with E-state index in [1.807, 2.05) is 103 Å². The van der Waals surface area contributed by atoms with Crippen LogP contribution in [-0.2, 0) is 46.5 Å². The number of aryl methyl sites for hydroxylation is 2. The monoisotopic (exact) mass is 1540 g/mol. The number of hydrogen-bond donors (Lipinski definition) is 4. The van der Waals surface area contributed by atoms with Crippen LogP contribution >= 0.6 is 103 Å². The molecule has 0 aliphatic heterocycles. The molecule has 0 radical (unpaired) electrons. The van der Waals surface area contributed by atoms with Crippen LogP contribution in [0.25, 0.3) is 42.3 Å². The highest BCUT2D eigenvalue weighted by molar-refractivity contribution is 7.94. The van der Waals surface area contributed by atoms with Crippen molar-refractivity contribution in [1.29, 1.82) is 0 Å². The molecule has 0 atom stereocenters. The molecule has 4 N–H and O–H groups in total. The molecule has 0 unspecified atom stereocenters. The third kappa shape index (κ3) is 18.9. The molecular weight excluding hydrogens is 1490 g/mol. The second-order valence-electron chi connectivity index (χ2n) is 20.0. The predicted octanol–water partition coefficient (Wildman–Crippen LogP) is 17.3. The van der Waals surface area contributed by atoms with Gasteiger partial charge < -0.3 is 0 Å². The number of hydrogen-bond acceptors (Lipinski definition) is 20. The predicted molar refractivity (Wildman–Crippen MR) is 384 cm³/mol. The van der Waals surface area contributed by atoms with E-state index in [1.165, 1.54) is 53.0 Å². The fraction of sp³-hybridized carbons (Fsp3) is 0.0968. The van der Waals surface area contributed by atoms with Gasteiger partial charge in [-0.3, -0.25) is 18.9 Å². The standard InChI is InChI=1S/C17H17N3O2S2.C16H13ClFN3O2S2.C15H12ClN3O2S2.C14H8Cl3N3O2S2/c1-2-6-13-9-11-15(12-10-13)24(21,22)20-17-19-18-16(23-17)14-7-4-3-5-8-14;1-9-8-11(6-7-13(9)18)15-19-20-16(24-15)21-25(22,23)14-5-3-4-12(17)10(14)2;1-10-12(16)8-5-9-13(10)23(20,21)19-15-18-17-14(22-15)11-6-3-2-4-7-11;15-9-6-10(16)12(11(17)7-9)24(21,22)20-14-19-18-13(23-14)8-4-2-1-3-5-8/h3-5,7-12H,2,6H2,1H3,(H,19,20);3-8H,1-2H3,(H,20,21);2-9H,1H3,(H,18,19);1-7H,(H,19,20). The van der Waals surface area contributed by atoms with Crippen LogP contribution in [0.15, 0.2) is 202 Å². The van der Waals surface area contributed by atoms with Gasteiger partial charge >= 0.3 is 0 Å². The number of sulfonamides is 4. The Labute approximate surface area is 593 Å². The summed E-state index contributed by atoms with van der Waals surface area (Å²) in [6, 6.07) is 51.7. The van der Waals surface area contributed by atoms with Crippen molar-refractivity contribution in [3.63, 3.8) is 0 Å². The molecule has 0 spiro atoms. The van der Waals surface area contributed by atoms with Crippen molar-refractivity contribution in [3.05, 3.63) is 235 Å². The van der Waals surface area contributed by atoms with E-state index in [2.05, 4.69) is 66.6 Å². The molecular formula is C62H50Cl5FN12O8S8. The first-order chi connectivity index (χ1) is 45.7. The summed E-state index contributed by atoms with van der Waals surface area (Å²) < 4.78 is 123. The average Bonchev–Trinajstić information content (AvgIpc) is 1.61. The van der Waals surface area contributed by atoms with E-state index in [1.54, 1.807) is 69.3 Å². The molecule has 0 aliphatic rings. The second kappa shape index (κ2) is 32.2. The molecule has 0 aliphatic carbocycles. The van der Waals surface area contributed by atoms with Crippen molar-refractivity contribution in [1.82, 2.24) is 40.8 Å². The van der Waals surface area contributed by atoms with Gasteiger partial charge in [-0.15, -0.1) is 40.8 Å². The smallest absolute Gasteiger partial charge is 0.253 e. The largest absolute Gasteiger partial charge is 0.266 e. The molecule has 20 nitrogen and oxygen atoms in total. The van der Waals surface area contributed by atoms with Gasteiger partial charge in [0.15, 0.2) is 0 Å². The molecule has 0 bridgehead atoms. The molecule has 496 valence electrons. The highest BCUT2D eigenvalue weighted by Gasteiger charge is 2.26. The lowest BCUT2D eigenvalue weighted by Crippen LogP contribution is -2.14. The quantitative estimate of drug-likeness (QED) is 0.0621. The van der Waals surface area contributed by atoms with E-state index in [0.29, 0.717) is 52.3 Å². The molecule has 96 heavy (non-hydrogen) atoms. The van der Waals surface area contributed by atoms with Crippen LogP contribution in [0.1, 0.15) is 35.6 Å². The Morgan fingerprint density at radius 2 is 0.750 bits per heavy atom. The van der Waals surface area contributed by atoms with Crippen LogP contribution in [0.5, 0.6) is 0 Å². The number of nitrogens with zero attached hydrogens (tertiary/aromatic N) is 8. The van der Waals surface area contributed by atoms with Crippen molar-refractivity contribution in [2.24, 2.45) is 0 Å². The lowest BCUT2D eigenvalue weighted by atomic mass is 10.1. The van der Waals surface area contributed by atoms with E-state index < -0.39 is 40.1 Å². The van der Waals surface area contributed by atoms with Crippen LogP contribution in [0.4, 0.5) is 24.9 Å². The summed E-state index contributed by atoms with van der Waals surface area (Å²) in [5, 5.41) is 35.5. The summed E-state index contributed by atoms with van der Waals surface area (Å²) in [5.74, 6) is -0.314. The molecule has 8 aromatic carbocycles. The zero-order valence-corrected chi connectivity index (χ0v) is 60.4. The van der Waals surface area contributed by atoms with E-state index in [0.717, 1.165) is 57.8 Å². The molecule has 0 fully saturated rings. The first kappa shape index (κ1) is 72.6. The Balaban J connectivity index is 0.000000150. The van der Waals surface area contributed by atoms with Gasteiger partial charge in [-0.2, -0.15) is 0 Å². The van der Waals surface area contributed by atoms with Crippen molar-refractivity contribution in [2.45, 2.75) is 60.1 Å². The van der Waals surface area contributed by atoms with Gasteiger partial charge in [-0.25, -0.2) is 38.1 Å². The van der Waals surface area contributed by atoms with E-state index in [-0.39, 0.29) is 61.0 Å². The van der Waals surface area contributed by atoms with Gasteiger partial charge in [0.2, 0.25) is 20.5 Å². The van der Waals surface area contributed by atoms with Gasteiger partial charge in [0.05, 0.1) is 24.7 Å². The SMILES string of the molecule is CCCc1ccc(S(=O)(=O)Nc2nnc(-c3ccccc3)s2)cc1.Cc1c(Cl)cccc1S(=O)(=O)Nc1nnc(-c2ccccc2)s1.Cc1cc(-c2nnc(NS(=O)(=O)c3cccc(Cl)c3C)s2)ccc1F.O=S(=O)(Nc1nnc(-c2ccccc2)s1)c1c(Cl)cc(Cl)cc1Cl. The maximum atomic E-state index is 13.4. The zero-order valence-electron chi connectivity index (χ0n) is 50.1.